The minimum absolute atomic E-state index is 0.128. The summed E-state index contributed by atoms with van der Waals surface area (Å²) in [4.78, 5) is 20.7. The third-order valence-corrected chi connectivity index (χ3v) is 3.68. The highest BCUT2D eigenvalue weighted by molar-refractivity contribution is 7.78. The second kappa shape index (κ2) is 7.59. The Labute approximate surface area is 141 Å². The molecule has 6 nitrogen and oxygen atoms in total. The molecule has 1 aromatic carbocycles. The van der Waals surface area contributed by atoms with Crippen LogP contribution >= 0.6 is 0 Å². The highest BCUT2D eigenvalue weighted by atomic mass is 32.2. The van der Waals surface area contributed by atoms with Crippen molar-refractivity contribution in [3.63, 3.8) is 0 Å². The van der Waals surface area contributed by atoms with Crippen LogP contribution in [0, 0.1) is 12.7 Å². The zero-order valence-corrected chi connectivity index (χ0v) is 14.2. The summed E-state index contributed by atoms with van der Waals surface area (Å²) in [7, 11) is 0. The average molecular weight is 351 g/mol. The summed E-state index contributed by atoms with van der Waals surface area (Å²) in [5.41, 5.74) is 0.936. The molecule has 0 aliphatic heterocycles. The molecule has 0 saturated carbocycles. The molecule has 0 amide bonds. The van der Waals surface area contributed by atoms with Gasteiger partial charge in [0.25, 0.3) is 0 Å². The quantitative estimate of drug-likeness (QED) is 0.467. The fourth-order valence-corrected chi connectivity index (χ4v) is 2.50. The van der Waals surface area contributed by atoms with Gasteiger partial charge >= 0.3 is 5.97 Å². The van der Waals surface area contributed by atoms with Gasteiger partial charge in [0.05, 0.1) is 17.1 Å². The fraction of sp³-hybridized carbons (Fsp3) is 0.312. The van der Waals surface area contributed by atoms with Crippen LogP contribution in [0.2, 0.25) is 0 Å². The van der Waals surface area contributed by atoms with Crippen molar-refractivity contribution in [3.05, 3.63) is 52.9 Å². The van der Waals surface area contributed by atoms with E-state index in [1.54, 1.807) is 6.92 Å². The third kappa shape index (κ3) is 4.42. The van der Waals surface area contributed by atoms with E-state index in [9.17, 15) is 17.9 Å². The molecular formula is C16H16FN2O4S-. The fourth-order valence-electron chi connectivity index (χ4n) is 2.16. The first-order valence-corrected chi connectivity index (χ1v) is 8.43. The van der Waals surface area contributed by atoms with Crippen LogP contribution < -0.4 is 4.74 Å². The molecule has 8 heteroatoms. The number of halogens is 1. The molecule has 0 spiro atoms. The Balaban J connectivity index is 2.38. The summed E-state index contributed by atoms with van der Waals surface area (Å²) in [6, 6.07) is 5.05. The molecule has 1 unspecified atom stereocenters. The predicted molar refractivity (Wildman–Crippen MR) is 84.8 cm³/mol. The summed E-state index contributed by atoms with van der Waals surface area (Å²) < 4.78 is 39.9. The summed E-state index contributed by atoms with van der Waals surface area (Å²) in [6.07, 6.45) is 0. The van der Waals surface area contributed by atoms with E-state index < -0.39 is 22.9 Å². The maximum absolute atomic E-state index is 12.9. The van der Waals surface area contributed by atoms with E-state index in [-0.39, 0.29) is 28.8 Å². The third-order valence-electron chi connectivity index (χ3n) is 3.19. The van der Waals surface area contributed by atoms with E-state index in [0.29, 0.717) is 11.4 Å². The Morgan fingerprint density at radius 2 is 1.92 bits per heavy atom. The Bertz CT molecular complexity index is 778. The van der Waals surface area contributed by atoms with Gasteiger partial charge in [0.2, 0.25) is 0 Å². The molecule has 24 heavy (non-hydrogen) atoms. The summed E-state index contributed by atoms with van der Waals surface area (Å²) >= 11 is -2.32. The predicted octanol–water partition coefficient (Wildman–Crippen LogP) is 2.65. The van der Waals surface area contributed by atoms with E-state index >= 15 is 0 Å². The number of carbonyl (C=O) groups excluding carboxylic acids is 1. The SMILES string of the molecule is Cc1nc(CS(=O)[O-])nc(C(C)C)c1C(=O)Oc1ccc(F)cc1. The van der Waals surface area contributed by atoms with Crippen molar-refractivity contribution in [2.75, 3.05) is 0 Å². The van der Waals surface area contributed by atoms with Crippen LogP contribution in [-0.2, 0) is 16.8 Å². The number of nitrogens with zero attached hydrogens (tertiary/aromatic N) is 2. The van der Waals surface area contributed by atoms with E-state index in [4.69, 9.17) is 4.74 Å². The monoisotopic (exact) mass is 351 g/mol. The largest absolute Gasteiger partial charge is 0.772 e. The Hall–Kier alpha value is -2.19. The highest BCUT2D eigenvalue weighted by Crippen LogP contribution is 2.22. The molecule has 0 radical (unpaired) electrons. The van der Waals surface area contributed by atoms with Gasteiger partial charge in [-0.05, 0) is 48.2 Å². The van der Waals surface area contributed by atoms with Gasteiger partial charge in [-0.15, -0.1) is 0 Å². The van der Waals surface area contributed by atoms with E-state index in [0.717, 1.165) is 0 Å². The van der Waals surface area contributed by atoms with Crippen molar-refractivity contribution >= 4 is 17.0 Å². The minimum Gasteiger partial charge on any atom is -0.772 e. The van der Waals surface area contributed by atoms with Gasteiger partial charge in [-0.25, -0.2) is 19.2 Å². The van der Waals surface area contributed by atoms with Gasteiger partial charge < -0.3 is 9.29 Å². The molecule has 0 bridgehead atoms. The van der Waals surface area contributed by atoms with Crippen LogP contribution in [0.15, 0.2) is 24.3 Å². The molecule has 0 fully saturated rings. The molecule has 2 rings (SSSR count). The number of ether oxygens (including phenoxy) is 1. The molecule has 128 valence electrons. The average Bonchev–Trinajstić information content (AvgIpc) is 2.48. The Morgan fingerprint density at radius 3 is 2.46 bits per heavy atom. The lowest BCUT2D eigenvalue weighted by molar-refractivity contribution is 0.0731. The molecular weight excluding hydrogens is 335 g/mol. The van der Waals surface area contributed by atoms with Crippen LogP contribution in [0.1, 0.15) is 47.3 Å². The van der Waals surface area contributed by atoms with E-state index in [1.807, 2.05) is 13.8 Å². The van der Waals surface area contributed by atoms with Gasteiger partial charge in [0.1, 0.15) is 23.0 Å². The number of aryl methyl sites for hydroxylation is 1. The van der Waals surface area contributed by atoms with Crippen molar-refractivity contribution in [3.8, 4) is 5.75 Å². The topological polar surface area (TPSA) is 92.2 Å². The van der Waals surface area contributed by atoms with E-state index in [1.165, 1.54) is 24.3 Å². The first-order chi connectivity index (χ1) is 11.3. The number of rotatable bonds is 5. The molecule has 0 aliphatic rings. The van der Waals surface area contributed by atoms with Gasteiger partial charge in [0, 0.05) is 0 Å². The van der Waals surface area contributed by atoms with E-state index in [2.05, 4.69) is 9.97 Å². The molecule has 2 aromatic rings. The second-order valence-corrected chi connectivity index (χ2v) is 6.33. The lowest BCUT2D eigenvalue weighted by Gasteiger charge is -2.15. The number of aromatic nitrogens is 2. The zero-order chi connectivity index (χ0) is 17.9. The second-order valence-electron chi connectivity index (χ2n) is 5.43. The Kier molecular flexibility index (Phi) is 5.74. The Morgan fingerprint density at radius 1 is 1.29 bits per heavy atom. The number of hydrogen-bond acceptors (Lipinski definition) is 6. The number of benzene rings is 1. The zero-order valence-electron chi connectivity index (χ0n) is 13.4. The van der Waals surface area contributed by atoms with Crippen LogP contribution in [0.25, 0.3) is 0 Å². The molecule has 0 N–H and O–H groups in total. The van der Waals surface area contributed by atoms with Crippen molar-refractivity contribution in [1.82, 2.24) is 9.97 Å². The normalized spacial score (nSPS) is 12.2. The molecule has 0 aliphatic carbocycles. The summed E-state index contributed by atoms with van der Waals surface area (Å²) in [6.45, 7) is 5.24. The van der Waals surface area contributed by atoms with Gasteiger partial charge in [-0.3, -0.25) is 4.21 Å². The maximum atomic E-state index is 12.9. The van der Waals surface area contributed by atoms with Crippen LogP contribution in [0.4, 0.5) is 4.39 Å². The van der Waals surface area contributed by atoms with Gasteiger partial charge in [-0.2, -0.15) is 0 Å². The standard InChI is InChI=1S/C16H17FN2O4S/c1-9(2)15-14(10(3)18-13(19-15)8-24(21)22)16(20)23-12-6-4-11(17)5-7-12/h4-7,9H,8H2,1-3H3,(H,21,22)/p-1. The molecule has 1 aromatic heterocycles. The van der Waals surface area contributed by atoms with Gasteiger partial charge in [0.15, 0.2) is 0 Å². The number of carbonyl (C=O) groups is 1. The summed E-state index contributed by atoms with van der Waals surface area (Å²) in [5.74, 6) is -1.25. The van der Waals surface area contributed by atoms with Crippen LogP contribution in [0.3, 0.4) is 0 Å². The lowest BCUT2D eigenvalue weighted by Crippen LogP contribution is -2.18. The lowest BCUT2D eigenvalue weighted by atomic mass is 10.0. The van der Waals surface area contributed by atoms with Crippen molar-refractivity contribution in [2.45, 2.75) is 32.4 Å². The highest BCUT2D eigenvalue weighted by Gasteiger charge is 2.22. The number of esters is 1. The smallest absolute Gasteiger partial charge is 0.347 e. The maximum Gasteiger partial charge on any atom is 0.347 e. The molecule has 0 saturated heterocycles. The first-order valence-electron chi connectivity index (χ1n) is 7.19. The van der Waals surface area contributed by atoms with Crippen molar-refractivity contribution in [1.29, 1.82) is 0 Å². The summed E-state index contributed by atoms with van der Waals surface area (Å²) in [5, 5.41) is 0. The first kappa shape index (κ1) is 18.2. The van der Waals surface area contributed by atoms with Gasteiger partial charge in [-0.1, -0.05) is 13.8 Å². The van der Waals surface area contributed by atoms with Crippen LogP contribution in [0.5, 0.6) is 5.75 Å². The van der Waals surface area contributed by atoms with Crippen LogP contribution in [-0.4, -0.2) is 24.7 Å². The molecule has 1 atom stereocenters. The number of hydrogen-bond donors (Lipinski definition) is 0. The van der Waals surface area contributed by atoms with Crippen molar-refractivity contribution in [2.24, 2.45) is 0 Å². The van der Waals surface area contributed by atoms with Crippen molar-refractivity contribution < 1.29 is 22.7 Å². The molecule has 1 heterocycles. The minimum atomic E-state index is -2.32.